The number of aromatic nitrogens is 4. The Kier molecular flexibility index (Phi) is 4.81. The van der Waals surface area contributed by atoms with Crippen LogP contribution < -0.4 is 15.8 Å². The van der Waals surface area contributed by atoms with E-state index in [4.69, 9.17) is 10.5 Å². The smallest absolute Gasteiger partial charge is 0.222 e. The number of fused-ring (bicyclic) bond motifs is 1. The number of para-hydroxylation sites is 1. The molecule has 1 aliphatic rings. The Morgan fingerprint density at radius 3 is 2.96 bits per heavy atom. The molecule has 0 spiro atoms. The van der Waals surface area contributed by atoms with E-state index >= 15 is 0 Å². The zero-order valence-corrected chi connectivity index (χ0v) is 15.3. The van der Waals surface area contributed by atoms with Crippen LogP contribution in [-0.2, 0) is 6.54 Å². The molecule has 1 aliphatic carbocycles. The largest absolute Gasteiger partial charge is 0.496 e. The minimum absolute atomic E-state index is 0.158. The van der Waals surface area contributed by atoms with Gasteiger partial charge in [-0.2, -0.15) is 10.1 Å². The van der Waals surface area contributed by atoms with Gasteiger partial charge in [0.1, 0.15) is 11.3 Å². The third kappa shape index (κ3) is 3.80. The topological polar surface area (TPSA) is 111 Å². The Balaban J connectivity index is 1.63. The summed E-state index contributed by atoms with van der Waals surface area (Å²) in [6.45, 7) is 0.557. The van der Waals surface area contributed by atoms with Gasteiger partial charge in [0.2, 0.25) is 5.95 Å². The molecule has 0 bridgehead atoms. The van der Waals surface area contributed by atoms with Gasteiger partial charge in [0, 0.05) is 11.6 Å². The fraction of sp³-hybridized carbons (Fsp3) is 0.421. The number of hydrogen-bond donors (Lipinski definition) is 3. The van der Waals surface area contributed by atoms with Crippen LogP contribution in [-0.4, -0.2) is 44.1 Å². The highest BCUT2D eigenvalue weighted by molar-refractivity contribution is 5.85. The minimum atomic E-state index is -0.269. The third-order valence-electron chi connectivity index (χ3n) is 4.94. The summed E-state index contributed by atoms with van der Waals surface area (Å²) < 4.78 is 7.24. The van der Waals surface area contributed by atoms with E-state index in [-0.39, 0.29) is 18.1 Å². The number of ether oxygens (including phenoxy) is 1. The Hall–Kier alpha value is -2.87. The summed E-state index contributed by atoms with van der Waals surface area (Å²) in [5, 5.41) is 18.0. The van der Waals surface area contributed by atoms with E-state index in [9.17, 15) is 5.11 Å². The molecule has 2 atom stereocenters. The van der Waals surface area contributed by atoms with Crippen LogP contribution in [0.1, 0.15) is 31.2 Å². The lowest BCUT2D eigenvalue weighted by Gasteiger charge is -2.27. The highest BCUT2D eigenvalue weighted by Gasteiger charge is 2.22. The van der Waals surface area contributed by atoms with Crippen molar-refractivity contribution in [2.75, 3.05) is 18.2 Å². The van der Waals surface area contributed by atoms with Crippen LogP contribution in [0, 0.1) is 0 Å². The van der Waals surface area contributed by atoms with E-state index in [1.807, 2.05) is 35.1 Å². The monoisotopic (exact) mass is 368 g/mol. The zero-order chi connectivity index (χ0) is 18.8. The molecule has 1 aromatic carbocycles. The Bertz CT molecular complexity index is 941. The Morgan fingerprint density at radius 2 is 2.15 bits per heavy atom. The van der Waals surface area contributed by atoms with Crippen molar-refractivity contribution in [2.24, 2.45) is 0 Å². The molecular formula is C19H24N6O2. The van der Waals surface area contributed by atoms with E-state index in [2.05, 4.69) is 20.4 Å². The number of nitrogen functional groups attached to an aromatic ring is 1. The average Bonchev–Trinajstić information content (AvgIpc) is 3.04. The molecule has 2 aromatic heterocycles. The summed E-state index contributed by atoms with van der Waals surface area (Å²) in [5.41, 5.74) is 8.29. The van der Waals surface area contributed by atoms with Crippen LogP contribution in [0.5, 0.6) is 5.75 Å². The normalized spacial score (nSPS) is 19.9. The van der Waals surface area contributed by atoms with Gasteiger partial charge >= 0.3 is 0 Å². The molecule has 0 aliphatic heterocycles. The van der Waals surface area contributed by atoms with Gasteiger partial charge in [-0.25, -0.2) is 4.98 Å². The molecule has 2 heterocycles. The van der Waals surface area contributed by atoms with Crippen molar-refractivity contribution in [1.29, 1.82) is 0 Å². The van der Waals surface area contributed by atoms with E-state index in [0.717, 1.165) is 30.6 Å². The lowest BCUT2D eigenvalue weighted by Crippen LogP contribution is -2.30. The van der Waals surface area contributed by atoms with Crippen molar-refractivity contribution in [3.8, 4) is 5.75 Å². The summed E-state index contributed by atoms with van der Waals surface area (Å²) in [6.07, 6.45) is 5.13. The number of aliphatic hydroxyl groups is 1. The van der Waals surface area contributed by atoms with Crippen LogP contribution in [0.25, 0.3) is 11.0 Å². The molecule has 0 saturated heterocycles. The molecule has 8 nitrogen and oxygen atoms in total. The summed E-state index contributed by atoms with van der Waals surface area (Å²) in [4.78, 5) is 8.66. The maximum Gasteiger partial charge on any atom is 0.222 e. The molecule has 4 rings (SSSR count). The van der Waals surface area contributed by atoms with Gasteiger partial charge in [-0.3, -0.25) is 4.68 Å². The molecule has 1 fully saturated rings. The second-order valence-corrected chi connectivity index (χ2v) is 6.96. The van der Waals surface area contributed by atoms with Crippen molar-refractivity contribution in [2.45, 2.75) is 44.4 Å². The van der Waals surface area contributed by atoms with Gasteiger partial charge < -0.3 is 20.9 Å². The molecule has 27 heavy (non-hydrogen) atoms. The maximum atomic E-state index is 9.91. The Morgan fingerprint density at radius 1 is 1.30 bits per heavy atom. The van der Waals surface area contributed by atoms with Crippen LogP contribution in [0.15, 0.2) is 30.5 Å². The lowest BCUT2D eigenvalue weighted by molar-refractivity contribution is 0.124. The predicted octanol–water partition coefficient (Wildman–Crippen LogP) is 2.18. The second kappa shape index (κ2) is 7.40. The Labute approximate surface area is 157 Å². The van der Waals surface area contributed by atoms with Crippen LogP contribution in [0.4, 0.5) is 11.8 Å². The van der Waals surface area contributed by atoms with Crippen LogP contribution in [0.2, 0.25) is 0 Å². The summed E-state index contributed by atoms with van der Waals surface area (Å²) >= 11 is 0. The first-order valence-corrected chi connectivity index (χ1v) is 9.19. The number of hydrogen-bond acceptors (Lipinski definition) is 7. The minimum Gasteiger partial charge on any atom is -0.496 e. The molecule has 0 unspecified atom stereocenters. The van der Waals surface area contributed by atoms with Crippen molar-refractivity contribution in [3.63, 3.8) is 0 Å². The van der Waals surface area contributed by atoms with Gasteiger partial charge in [-0.15, -0.1) is 0 Å². The van der Waals surface area contributed by atoms with Crippen molar-refractivity contribution >= 4 is 22.8 Å². The number of nitrogens with one attached hydrogen (secondary N) is 1. The van der Waals surface area contributed by atoms with Gasteiger partial charge in [0.05, 0.1) is 26.0 Å². The number of aliphatic hydroxyl groups excluding tert-OH is 1. The molecular weight excluding hydrogens is 344 g/mol. The lowest BCUT2D eigenvalue weighted by atomic mass is 9.93. The predicted molar refractivity (Wildman–Crippen MR) is 104 cm³/mol. The van der Waals surface area contributed by atoms with Gasteiger partial charge in [0.15, 0.2) is 11.3 Å². The number of methoxy groups -OCH3 is 1. The van der Waals surface area contributed by atoms with Crippen molar-refractivity contribution < 1.29 is 9.84 Å². The summed E-state index contributed by atoms with van der Waals surface area (Å²) in [6, 6.07) is 8.01. The molecule has 4 N–H and O–H groups in total. The van der Waals surface area contributed by atoms with Gasteiger partial charge in [-0.05, 0) is 31.7 Å². The van der Waals surface area contributed by atoms with Crippen molar-refractivity contribution in [3.05, 3.63) is 36.0 Å². The van der Waals surface area contributed by atoms with Crippen LogP contribution in [0.3, 0.4) is 0 Å². The van der Waals surface area contributed by atoms with E-state index < -0.39 is 0 Å². The molecule has 0 amide bonds. The number of benzene rings is 1. The highest BCUT2D eigenvalue weighted by atomic mass is 16.5. The third-order valence-corrected chi connectivity index (χ3v) is 4.94. The quantitative estimate of drug-likeness (QED) is 0.633. The average molecular weight is 368 g/mol. The summed E-state index contributed by atoms with van der Waals surface area (Å²) in [5.74, 6) is 1.64. The van der Waals surface area contributed by atoms with E-state index in [0.29, 0.717) is 29.8 Å². The van der Waals surface area contributed by atoms with Gasteiger partial charge in [0.25, 0.3) is 0 Å². The molecule has 0 radical (unpaired) electrons. The first-order valence-electron chi connectivity index (χ1n) is 9.19. The highest BCUT2D eigenvalue weighted by Crippen LogP contribution is 2.26. The molecule has 1 saturated carbocycles. The van der Waals surface area contributed by atoms with E-state index in [1.54, 1.807) is 7.11 Å². The first-order chi connectivity index (χ1) is 13.1. The van der Waals surface area contributed by atoms with Crippen molar-refractivity contribution in [1.82, 2.24) is 19.7 Å². The van der Waals surface area contributed by atoms with Gasteiger partial charge in [-0.1, -0.05) is 18.2 Å². The molecule has 3 aromatic rings. The molecule has 142 valence electrons. The molecule has 8 heteroatoms. The zero-order valence-electron chi connectivity index (χ0n) is 15.3. The van der Waals surface area contributed by atoms with Crippen LogP contribution >= 0.6 is 0 Å². The fourth-order valence-corrected chi connectivity index (χ4v) is 3.66. The number of nitrogens with two attached hydrogens (primary N) is 1. The first kappa shape index (κ1) is 17.5. The van der Waals surface area contributed by atoms with E-state index in [1.165, 1.54) is 0 Å². The number of rotatable bonds is 5. The maximum absolute atomic E-state index is 9.91. The standard InChI is InChI=1S/C19H24N6O2/c1-27-16-8-3-2-5-12(16)10-25-11-15-17(24-25)18(23-19(20)22-15)21-13-6-4-7-14(26)9-13/h2-3,5,8,11,13-14,26H,4,6-7,9-10H2,1H3,(H3,20,21,22,23)/t13-,14+/m1/s1. The second-order valence-electron chi connectivity index (χ2n) is 6.96. The summed E-state index contributed by atoms with van der Waals surface area (Å²) in [7, 11) is 1.66. The SMILES string of the molecule is COc1ccccc1Cn1cc2nc(N)nc(N[C@@H]3CCC[C@H](O)C3)c2n1. The number of anilines is 2. The number of nitrogens with zero attached hydrogens (tertiary/aromatic N) is 4. The fourth-order valence-electron chi connectivity index (χ4n) is 3.66.